The largest absolute Gasteiger partial charge is 0.326 e. The number of Topliss-reactive ketones (excluding diaryl/α,β-unsaturated/α-hetero) is 1. The van der Waals surface area contributed by atoms with E-state index < -0.39 is 11.7 Å². The van der Waals surface area contributed by atoms with Crippen molar-refractivity contribution >= 4 is 18.4 Å². The van der Waals surface area contributed by atoms with Crippen molar-refractivity contribution in [3.63, 3.8) is 0 Å². The minimum absolute atomic E-state index is 0.412. The van der Waals surface area contributed by atoms with Crippen LogP contribution < -0.4 is 11.2 Å². The van der Waals surface area contributed by atoms with Crippen molar-refractivity contribution in [2.75, 3.05) is 0 Å². The van der Waals surface area contributed by atoms with Crippen molar-refractivity contribution in [3.8, 4) is 0 Å². The third-order valence-corrected chi connectivity index (χ3v) is 2.97. The Morgan fingerprint density at radius 1 is 1.26 bits per heavy atom. The molecule has 0 aromatic heterocycles. The van der Waals surface area contributed by atoms with Crippen LogP contribution in [0.2, 0.25) is 0 Å². The summed E-state index contributed by atoms with van der Waals surface area (Å²) in [5, 5.41) is 3.24. The molecule has 1 amide bonds. The summed E-state index contributed by atoms with van der Waals surface area (Å²) < 4.78 is 0. The molecule has 0 fully saturated rings. The van der Waals surface area contributed by atoms with E-state index >= 15 is 0 Å². The van der Waals surface area contributed by atoms with Gasteiger partial charge in [0, 0.05) is 18.8 Å². The SMILES string of the molecule is C=NNC(=O)C(=O)c1c(CC)cc(CN)cc1CC. The van der Waals surface area contributed by atoms with Gasteiger partial charge in [0.15, 0.2) is 0 Å². The minimum atomic E-state index is -0.764. The average molecular weight is 261 g/mol. The van der Waals surface area contributed by atoms with Gasteiger partial charge in [-0.25, -0.2) is 5.43 Å². The normalized spacial score (nSPS) is 10.1. The maximum atomic E-state index is 12.2. The molecule has 5 nitrogen and oxygen atoms in total. The lowest BCUT2D eigenvalue weighted by Gasteiger charge is -2.13. The Labute approximate surface area is 112 Å². The number of nitrogens with one attached hydrogen (secondary N) is 1. The molecule has 0 aliphatic carbocycles. The monoisotopic (exact) mass is 261 g/mol. The number of amides is 1. The zero-order valence-electron chi connectivity index (χ0n) is 11.3. The molecular weight excluding hydrogens is 242 g/mol. The van der Waals surface area contributed by atoms with Gasteiger partial charge in [0.05, 0.1) is 0 Å². The van der Waals surface area contributed by atoms with Crippen molar-refractivity contribution in [2.45, 2.75) is 33.2 Å². The van der Waals surface area contributed by atoms with E-state index in [1.807, 2.05) is 26.0 Å². The Morgan fingerprint density at radius 2 is 1.79 bits per heavy atom. The second-order valence-electron chi connectivity index (χ2n) is 4.13. The smallest absolute Gasteiger partial charge is 0.312 e. The molecule has 0 radical (unpaired) electrons. The van der Waals surface area contributed by atoms with Gasteiger partial charge in [0.1, 0.15) is 0 Å². The lowest BCUT2D eigenvalue weighted by molar-refractivity contribution is -0.116. The topological polar surface area (TPSA) is 84.5 Å². The zero-order valence-corrected chi connectivity index (χ0v) is 11.3. The summed E-state index contributed by atoms with van der Waals surface area (Å²) in [5.41, 5.74) is 10.8. The summed E-state index contributed by atoms with van der Waals surface area (Å²) in [7, 11) is 0. The first-order chi connectivity index (χ1) is 9.08. The third kappa shape index (κ3) is 3.26. The van der Waals surface area contributed by atoms with E-state index in [-0.39, 0.29) is 0 Å². The van der Waals surface area contributed by atoms with Crippen LogP contribution in [0, 0.1) is 0 Å². The van der Waals surface area contributed by atoms with Crippen LogP contribution in [0.15, 0.2) is 17.2 Å². The molecule has 1 aromatic carbocycles. The van der Waals surface area contributed by atoms with Crippen molar-refractivity contribution in [1.82, 2.24) is 5.43 Å². The summed E-state index contributed by atoms with van der Waals surface area (Å²) in [6.07, 6.45) is 1.33. The minimum Gasteiger partial charge on any atom is -0.326 e. The molecule has 0 aliphatic rings. The van der Waals surface area contributed by atoms with Gasteiger partial charge in [0.25, 0.3) is 5.78 Å². The average Bonchev–Trinajstić information content (AvgIpc) is 2.44. The fourth-order valence-electron chi connectivity index (χ4n) is 2.04. The number of hydrogen-bond donors (Lipinski definition) is 2. The van der Waals surface area contributed by atoms with Gasteiger partial charge in [-0.2, -0.15) is 5.10 Å². The summed E-state index contributed by atoms with van der Waals surface area (Å²) in [4.78, 5) is 23.8. The lowest BCUT2D eigenvalue weighted by atomic mass is 9.91. The number of hydrazone groups is 1. The molecule has 0 spiro atoms. The second-order valence-corrected chi connectivity index (χ2v) is 4.13. The molecule has 0 saturated carbocycles. The first-order valence-corrected chi connectivity index (χ1v) is 6.24. The maximum absolute atomic E-state index is 12.2. The molecule has 19 heavy (non-hydrogen) atoms. The summed E-state index contributed by atoms with van der Waals surface area (Å²) in [6.45, 7) is 7.43. The van der Waals surface area contributed by atoms with E-state index in [9.17, 15) is 9.59 Å². The van der Waals surface area contributed by atoms with E-state index in [2.05, 4.69) is 17.2 Å². The molecule has 0 atom stereocenters. The molecule has 5 heteroatoms. The molecular formula is C14H19N3O2. The number of carbonyl (C=O) groups is 2. The van der Waals surface area contributed by atoms with Crippen LogP contribution in [0.5, 0.6) is 0 Å². The van der Waals surface area contributed by atoms with Crippen LogP contribution in [0.25, 0.3) is 0 Å². The third-order valence-electron chi connectivity index (χ3n) is 2.97. The molecule has 3 N–H and O–H groups in total. The highest BCUT2D eigenvalue weighted by Crippen LogP contribution is 2.20. The highest BCUT2D eigenvalue weighted by atomic mass is 16.2. The Bertz CT molecular complexity index is 484. The molecule has 0 unspecified atom stereocenters. The number of benzene rings is 1. The number of nitrogens with zero attached hydrogens (tertiary/aromatic N) is 1. The van der Waals surface area contributed by atoms with E-state index in [0.717, 1.165) is 16.7 Å². The number of ketones is 1. The van der Waals surface area contributed by atoms with E-state index in [1.165, 1.54) is 0 Å². The van der Waals surface area contributed by atoms with E-state index in [4.69, 9.17) is 5.73 Å². The van der Waals surface area contributed by atoms with Gasteiger partial charge in [-0.15, -0.1) is 0 Å². The van der Waals surface area contributed by atoms with Gasteiger partial charge < -0.3 is 5.73 Å². The van der Waals surface area contributed by atoms with Crippen molar-refractivity contribution in [1.29, 1.82) is 0 Å². The number of aryl methyl sites for hydroxylation is 2. The molecule has 0 saturated heterocycles. The van der Waals surface area contributed by atoms with Gasteiger partial charge in [0.2, 0.25) is 0 Å². The molecule has 1 rings (SSSR count). The summed E-state index contributed by atoms with van der Waals surface area (Å²) >= 11 is 0. The summed E-state index contributed by atoms with van der Waals surface area (Å²) in [5.74, 6) is -1.34. The fraction of sp³-hybridized carbons (Fsp3) is 0.357. The Hall–Kier alpha value is -2.01. The molecule has 102 valence electrons. The lowest BCUT2D eigenvalue weighted by Crippen LogP contribution is -2.28. The van der Waals surface area contributed by atoms with Crippen LogP contribution >= 0.6 is 0 Å². The summed E-state index contributed by atoms with van der Waals surface area (Å²) in [6, 6.07) is 3.75. The number of rotatable bonds is 6. The Morgan fingerprint density at radius 3 is 2.16 bits per heavy atom. The maximum Gasteiger partial charge on any atom is 0.312 e. The van der Waals surface area contributed by atoms with Crippen LogP contribution in [0.1, 0.15) is 40.9 Å². The van der Waals surface area contributed by atoms with Gasteiger partial charge in [-0.05, 0) is 29.5 Å². The van der Waals surface area contributed by atoms with Crippen LogP contribution in [-0.2, 0) is 24.2 Å². The highest BCUT2D eigenvalue weighted by molar-refractivity contribution is 6.43. The predicted octanol–water partition coefficient (Wildman–Crippen LogP) is 1.18. The molecule has 0 aliphatic heterocycles. The number of nitrogens with two attached hydrogens (primary N) is 1. The highest BCUT2D eigenvalue weighted by Gasteiger charge is 2.22. The number of carbonyl (C=O) groups excluding carboxylic acids is 2. The Balaban J connectivity index is 3.35. The van der Waals surface area contributed by atoms with E-state index in [0.29, 0.717) is 24.9 Å². The van der Waals surface area contributed by atoms with Crippen LogP contribution in [-0.4, -0.2) is 18.4 Å². The van der Waals surface area contributed by atoms with Crippen molar-refractivity contribution < 1.29 is 9.59 Å². The van der Waals surface area contributed by atoms with Gasteiger partial charge >= 0.3 is 5.91 Å². The Kier molecular flexibility index (Phi) is 5.38. The zero-order chi connectivity index (χ0) is 14.4. The number of hydrogen-bond acceptors (Lipinski definition) is 4. The quantitative estimate of drug-likeness (QED) is 0.349. The second kappa shape index (κ2) is 6.80. The first kappa shape index (κ1) is 15.0. The van der Waals surface area contributed by atoms with Crippen LogP contribution in [0.4, 0.5) is 0 Å². The van der Waals surface area contributed by atoms with Crippen molar-refractivity contribution in [2.24, 2.45) is 10.8 Å². The molecule has 0 heterocycles. The fourth-order valence-corrected chi connectivity index (χ4v) is 2.04. The van der Waals surface area contributed by atoms with Crippen molar-refractivity contribution in [3.05, 3.63) is 34.4 Å². The first-order valence-electron chi connectivity index (χ1n) is 6.24. The van der Waals surface area contributed by atoms with Gasteiger partial charge in [-0.3, -0.25) is 9.59 Å². The molecule has 1 aromatic rings. The molecule has 0 bridgehead atoms. The predicted molar refractivity (Wildman–Crippen MR) is 75.1 cm³/mol. The van der Waals surface area contributed by atoms with Crippen LogP contribution in [0.3, 0.4) is 0 Å². The van der Waals surface area contributed by atoms with Gasteiger partial charge in [-0.1, -0.05) is 26.0 Å². The standard InChI is InChI=1S/C14H19N3O2/c1-4-10-6-9(8-15)7-11(5-2)12(10)13(18)14(19)17-16-3/h6-7H,3-5,8,15H2,1-2H3,(H,17,19). The van der Waals surface area contributed by atoms with E-state index in [1.54, 1.807) is 0 Å².